The van der Waals surface area contributed by atoms with E-state index in [1.807, 2.05) is 30.9 Å². The summed E-state index contributed by atoms with van der Waals surface area (Å²) in [7, 11) is 0. The molecule has 1 aromatic heterocycles. The van der Waals surface area contributed by atoms with E-state index < -0.39 is 5.60 Å². The number of likely N-dealkylation sites (tertiary alicyclic amines) is 1. The Hall–Kier alpha value is -1.46. The quantitative estimate of drug-likeness (QED) is 0.925. The first-order valence-electron chi connectivity index (χ1n) is 8.45. The third-order valence-electron chi connectivity index (χ3n) is 5.03. The van der Waals surface area contributed by atoms with Crippen LogP contribution in [-0.4, -0.2) is 51.3 Å². The van der Waals surface area contributed by atoms with Gasteiger partial charge in [0.25, 0.3) is 5.91 Å². The van der Waals surface area contributed by atoms with Crippen molar-refractivity contribution in [1.82, 2.24) is 9.88 Å². The van der Waals surface area contributed by atoms with E-state index >= 15 is 0 Å². The molecule has 2 fully saturated rings. The first kappa shape index (κ1) is 16.4. The summed E-state index contributed by atoms with van der Waals surface area (Å²) >= 11 is 0. The molecular weight excluding hydrogens is 292 g/mol. The maximum Gasteiger partial charge on any atom is 0.251 e. The lowest BCUT2D eigenvalue weighted by atomic mass is 9.85. The fraction of sp³-hybridized carbons (Fsp3) is 0.667. The monoisotopic (exact) mass is 318 g/mol. The van der Waals surface area contributed by atoms with Gasteiger partial charge in [0, 0.05) is 31.9 Å². The van der Waals surface area contributed by atoms with Crippen molar-refractivity contribution >= 4 is 5.91 Å². The molecule has 5 heteroatoms. The molecule has 0 spiro atoms. The van der Waals surface area contributed by atoms with Crippen LogP contribution >= 0.6 is 0 Å². The van der Waals surface area contributed by atoms with Crippen molar-refractivity contribution in [3.63, 3.8) is 0 Å². The number of amides is 1. The molecule has 0 saturated carbocycles. The van der Waals surface area contributed by atoms with Gasteiger partial charge in [0.1, 0.15) is 6.10 Å². The summed E-state index contributed by atoms with van der Waals surface area (Å²) in [5.41, 5.74) is 0.162. The number of hydrogen-bond acceptors (Lipinski definition) is 4. The van der Waals surface area contributed by atoms with E-state index in [2.05, 4.69) is 4.98 Å². The van der Waals surface area contributed by atoms with Crippen molar-refractivity contribution in [2.75, 3.05) is 13.1 Å². The average molecular weight is 318 g/mol. The Kier molecular flexibility index (Phi) is 4.43. The van der Waals surface area contributed by atoms with Crippen LogP contribution in [0.15, 0.2) is 24.5 Å². The first-order chi connectivity index (χ1) is 10.9. The molecule has 1 amide bonds. The SMILES string of the molecule is CC1(C)CCC(C(=O)N2CCC(O)(Cc3ccncc3)CC2)O1. The standard InChI is InChI=1S/C18H26N2O3/c1-17(2)6-3-15(23-17)16(21)20-11-7-18(22,8-12-20)13-14-4-9-19-10-5-14/h4-5,9-10,15,22H,3,6-8,11-13H2,1-2H3. The van der Waals surface area contributed by atoms with Crippen LogP contribution in [0.2, 0.25) is 0 Å². The summed E-state index contributed by atoms with van der Waals surface area (Å²) in [5, 5.41) is 10.8. The molecule has 0 radical (unpaired) electrons. The second-order valence-corrected chi connectivity index (χ2v) is 7.49. The number of piperidine rings is 1. The second-order valence-electron chi connectivity index (χ2n) is 7.49. The van der Waals surface area contributed by atoms with Gasteiger partial charge in [-0.3, -0.25) is 9.78 Å². The van der Waals surface area contributed by atoms with Crippen LogP contribution in [0.5, 0.6) is 0 Å². The molecule has 2 saturated heterocycles. The fourth-order valence-corrected chi connectivity index (χ4v) is 3.56. The van der Waals surface area contributed by atoms with Crippen LogP contribution in [0.4, 0.5) is 0 Å². The van der Waals surface area contributed by atoms with Gasteiger partial charge in [-0.1, -0.05) is 0 Å². The zero-order valence-corrected chi connectivity index (χ0v) is 14.0. The van der Waals surface area contributed by atoms with E-state index in [4.69, 9.17) is 4.74 Å². The zero-order valence-electron chi connectivity index (χ0n) is 14.0. The molecule has 23 heavy (non-hydrogen) atoms. The van der Waals surface area contributed by atoms with Crippen molar-refractivity contribution in [2.24, 2.45) is 0 Å². The second kappa shape index (κ2) is 6.21. The Bertz CT molecular complexity index is 551. The molecule has 1 unspecified atom stereocenters. The van der Waals surface area contributed by atoms with E-state index in [9.17, 15) is 9.90 Å². The minimum atomic E-state index is -0.728. The highest BCUT2D eigenvalue weighted by Gasteiger charge is 2.40. The Balaban J connectivity index is 1.55. The molecule has 3 rings (SSSR count). The zero-order chi connectivity index (χ0) is 16.5. The normalized spacial score (nSPS) is 26.2. The molecule has 1 atom stereocenters. The number of aliphatic hydroxyl groups is 1. The molecule has 126 valence electrons. The number of carbonyl (C=O) groups excluding carboxylic acids is 1. The van der Waals surface area contributed by atoms with Crippen molar-refractivity contribution in [2.45, 2.75) is 63.3 Å². The summed E-state index contributed by atoms with van der Waals surface area (Å²) in [6, 6.07) is 3.87. The van der Waals surface area contributed by atoms with Gasteiger partial charge in [-0.2, -0.15) is 0 Å². The van der Waals surface area contributed by atoms with Gasteiger partial charge in [0.15, 0.2) is 0 Å². The van der Waals surface area contributed by atoms with Gasteiger partial charge in [-0.25, -0.2) is 0 Å². The maximum absolute atomic E-state index is 12.6. The lowest BCUT2D eigenvalue weighted by Crippen LogP contribution is -2.50. The molecule has 0 aliphatic carbocycles. The van der Waals surface area contributed by atoms with Crippen LogP contribution in [0.3, 0.4) is 0 Å². The number of aromatic nitrogens is 1. The molecular formula is C18H26N2O3. The highest BCUT2D eigenvalue weighted by Crippen LogP contribution is 2.32. The van der Waals surface area contributed by atoms with Gasteiger partial charge in [0.05, 0.1) is 11.2 Å². The predicted molar refractivity (Wildman–Crippen MR) is 86.9 cm³/mol. The minimum Gasteiger partial charge on any atom is -0.389 e. The number of pyridine rings is 1. The van der Waals surface area contributed by atoms with E-state index in [1.54, 1.807) is 12.4 Å². The Morgan fingerprint density at radius 1 is 1.30 bits per heavy atom. The minimum absolute atomic E-state index is 0.0848. The van der Waals surface area contributed by atoms with E-state index in [0.29, 0.717) is 32.4 Å². The average Bonchev–Trinajstić information content (AvgIpc) is 2.88. The lowest BCUT2D eigenvalue weighted by Gasteiger charge is -2.39. The molecule has 2 aliphatic heterocycles. The van der Waals surface area contributed by atoms with Crippen LogP contribution in [-0.2, 0) is 16.0 Å². The molecule has 3 heterocycles. The molecule has 5 nitrogen and oxygen atoms in total. The Labute approximate surface area is 137 Å². The fourth-order valence-electron chi connectivity index (χ4n) is 3.56. The third kappa shape index (κ3) is 3.90. The number of rotatable bonds is 3. The summed E-state index contributed by atoms with van der Waals surface area (Å²) in [4.78, 5) is 18.4. The largest absolute Gasteiger partial charge is 0.389 e. The third-order valence-corrected chi connectivity index (χ3v) is 5.03. The van der Waals surface area contributed by atoms with E-state index in [-0.39, 0.29) is 17.6 Å². The Morgan fingerprint density at radius 2 is 1.96 bits per heavy atom. The highest BCUT2D eigenvalue weighted by molar-refractivity contribution is 5.81. The molecule has 0 aromatic carbocycles. The van der Waals surface area contributed by atoms with Crippen LogP contribution < -0.4 is 0 Å². The topological polar surface area (TPSA) is 62.7 Å². The summed E-state index contributed by atoms with van der Waals surface area (Å²) in [6.45, 7) is 5.26. The Morgan fingerprint density at radius 3 is 2.52 bits per heavy atom. The van der Waals surface area contributed by atoms with Crippen LogP contribution in [0, 0.1) is 0 Å². The maximum atomic E-state index is 12.6. The number of ether oxygens (including phenoxy) is 1. The van der Waals surface area contributed by atoms with E-state index in [1.165, 1.54) is 0 Å². The molecule has 0 bridgehead atoms. The van der Waals surface area contributed by atoms with Gasteiger partial charge in [0.2, 0.25) is 0 Å². The predicted octanol–water partition coefficient (Wildman–Crippen LogP) is 1.94. The van der Waals surface area contributed by atoms with Crippen molar-refractivity contribution in [1.29, 1.82) is 0 Å². The molecule has 1 aromatic rings. The van der Waals surface area contributed by atoms with Crippen molar-refractivity contribution in [3.8, 4) is 0 Å². The molecule has 1 N–H and O–H groups in total. The summed E-state index contributed by atoms with van der Waals surface area (Å²) < 4.78 is 5.85. The molecule has 2 aliphatic rings. The summed E-state index contributed by atoms with van der Waals surface area (Å²) in [6.07, 6.45) is 6.73. The first-order valence-corrected chi connectivity index (χ1v) is 8.45. The van der Waals surface area contributed by atoms with Crippen LogP contribution in [0.25, 0.3) is 0 Å². The van der Waals surface area contributed by atoms with E-state index in [0.717, 1.165) is 18.4 Å². The summed E-state index contributed by atoms with van der Waals surface area (Å²) in [5.74, 6) is 0.0848. The van der Waals surface area contributed by atoms with Crippen molar-refractivity contribution in [3.05, 3.63) is 30.1 Å². The van der Waals surface area contributed by atoms with Gasteiger partial charge >= 0.3 is 0 Å². The van der Waals surface area contributed by atoms with Crippen LogP contribution in [0.1, 0.15) is 45.1 Å². The smallest absolute Gasteiger partial charge is 0.251 e. The van der Waals surface area contributed by atoms with Crippen molar-refractivity contribution < 1.29 is 14.6 Å². The van der Waals surface area contributed by atoms with Gasteiger partial charge in [-0.15, -0.1) is 0 Å². The lowest BCUT2D eigenvalue weighted by molar-refractivity contribution is -0.150. The number of nitrogens with zero attached hydrogens (tertiary/aromatic N) is 2. The highest BCUT2D eigenvalue weighted by atomic mass is 16.5. The number of carbonyl (C=O) groups is 1. The number of hydrogen-bond donors (Lipinski definition) is 1. The van der Waals surface area contributed by atoms with Gasteiger partial charge < -0.3 is 14.7 Å². The van der Waals surface area contributed by atoms with Gasteiger partial charge in [-0.05, 0) is 57.2 Å².